The third-order valence-electron chi connectivity index (χ3n) is 5.91. The first-order chi connectivity index (χ1) is 17.9. The quantitative estimate of drug-likeness (QED) is 0.161. The molecule has 0 saturated heterocycles. The number of carbonyl (C=O) groups excluding carboxylic acids is 3. The van der Waals surface area contributed by atoms with E-state index in [2.05, 4.69) is 10.5 Å². The van der Waals surface area contributed by atoms with E-state index >= 15 is 0 Å². The van der Waals surface area contributed by atoms with Gasteiger partial charge in [0.15, 0.2) is 0 Å². The van der Waals surface area contributed by atoms with E-state index in [4.69, 9.17) is 32.7 Å². The van der Waals surface area contributed by atoms with Crippen molar-refractivity contribution < 1.29 is 23.9 Å². The topological polar surface area (TPSA) is 94.1 Å². The van der Waals surface area contributed by atoms with Crippen LogP contribution in [0.4, 0.5) is 0 Å². The number of hydrogen-bond donors (Lipinski definition) is 1. The second-order valence-electron chi connectivity index (χ2n) is 8.56. The van der Waals surface area contributed by atoms with Crippen LogP contribution in [0.5, 0.6) is 11.5 Å². The SMILES string of the molecule is O=C(Oc1ccc(C=NNC(=O)C2CCCCC2)c(OC(=O)c2ccc(Cl)cc2)c1)c1ccc(Cl)cc1. The lowest BCUT2D eigenvalue weighted by Gasteiger charge is -2.19. The number of nitrogens with zero attached hydrogens (tertiary/aromatic N) is 1. The van der Waals surface area contributed by atoms with Crippen molar-refractivity contribution in [2.24, 2.45) is 11.0 Å². The molecule has 1 N–H and O–H groups in total. The average Bonchev–Trinajstić information content (AvgIpc) is 2.91. The molecule has 0 aliphatic heterocycles. The number of halogens is 2. The number of amides is 1. The van der Waals surface area contributed by atoms with Gasteiger partial charge in [-0.25, -0.2) is 15.0 Å². The van der Waals surface area contributed by atoms with Gasteiger partial charge in [0.2, 0.25) is 5.91 Å². The average molecular weight is 539 g/mol. The zero-order valence-electron chi connectivity index (χ0n) is 19.8. The molecular weight excluding hydrogens is 515 g/mol. The van der Waals surface area contributed by atoms with Gasteiger partial charge in [0, 0.05) is 27.6 Å². The minimum absolute atomic E-state index is 0.0530. The lowest BCUT2D eigenvalue weighted by Crippen LogP contribution is -2.28. The maximum Gasteiger partial charge on any atom is 0.343 e. The van der Waals surface area contributed by atoms with Crippen molar-refractivity contribution >= 4 is 47.3 Å². The Hall–Kier alpha value is -3.68. The highest BCUT2D eigenvalue weighted by Crippen LogP contribution is 2.27. The summed E-state index contributed by atoms with van der Waals surface area (Å²) in [4.78, 5) is 37.7. The molecule has 4 rings (SSSR count). The van der Waals surface area contributed by atoms with Crippen molar-refractivity contribution in [3.05, 3.63) is 93.5 Å². The molecule has 0 aromatic heterocycles. The number of carbonyl (C=O) groups is 3. The highest BCUT2D eigenvalue weighted by atomic mass is 35.5. The van der Waals surface area contributed by atoms with Gasteiger partial charge in [-0.3, -0.25) is 4.79 Å². The molecule has 1 saturated carbocycles. The van der Waals surface area contributed by atoms with Crippen LogP contribution >= 0.6 is 23.2 Å². The molecule has 1 aliphatic carbocycles. The molecule has 0 heterocycles. The van der Waals surface area contributed by atoms with Crippen molar-refractivity contribution in [1.82, 2.24) is 5.43 Å². The first-order valence-electron chi connectivity index (χ1n) is 11.8. The van der Waals surface area contributed by atoms with Crippen LogP contribution < -0.4 is 14.9 Å². The molecule has 37 heavy (non-hydrogen) atoms. The lowest BCUT2D eigenvalue weighted by molar-refractivity contribution is -0.125. The first kappa shape index (κ1) is 26.4. The van der Waals surface area contributed by atoms with Crippen LogP contribution in [-0.2, 0) is 4.79 Å². The molecule has 3 aromatic carbocycles. The van der Waals surface area contributed by atoms with Crippen molar-refractivity contribution in [2.75, 3.05) is 0 Å². The van der Waals surface area contributed by atoms with Crippen LogP contribution in [-0.4, -0.2) is 24.1 Å². The highest BCUT2D eigenvalue weighted by Gasteiger charge is 2.20. The number of rotatable bonds is 7. The van der Waals surface area contributed by atoms with E-state index < -0.39 is 11.9 Å². The molecule has 1 aliphatic rings. The summed E-state index contributed by atoms with van der Waals surface area (Å²) in [6.45, 7) is 0. The van der Waals surface area contributed by atoms with Crippen molar-refractivity contribution in [3.8, 4) is 11.5 Å². The molecule has 7 nitrogen and oxygen atoms in total. The van der Waals surface area contributed by atoms with Crippen LogP contribution in [0.3, 0.4) is 0 Å². The second-order valence-corrected chi connectivity index (χ2v) is 9.43. The molecule has 0 atom stereocenters. The fraction of sp³-hybridized carbons (Fsp3) is 0.214. The molecule has 9 heteroatoms. The van der Waals surface area contributed by atoms with Gasteiger partial charge < -0.3 is 9.47 Å². The van der Waals surface area contributed by atoms with Gasteiger partial charge in [-0.1, -0.05) is 42.5 Å². The Morgan fingerprint density at radius 2 is 1.35 bits per heavy atom. The summed E-state index contributed by atoms with van der Waals surface area (Å²) in [7, 11) is 0. The van der Waals surface area contributed by atoms with Crippen molar-refractivity contribution in [2.45, 2.75) is 32.1 Å². The Morgan fingerprint density at radius 1 is 0.784 bits per heavy atom. The molecule has 1 amide bonds. The second kappa shape index (κ2) is 12.5. The van der Waals surface area contributed by atoms with E-state index in [0.29, 0.717) is 21.2 Å². The molecule has 3 aromatic rings. The fourth-order valence-corrected chi connectivity index (χ4v) is 4.14. The van der Waals surface area contributed by atoms with Gasteiger partial charge in [0.25, 0.3) is 0 Å². The Labute approximate surface area is 224 Å². The summed E-state index contributed by atoms with van der Waals surface area (Å²) in [5, 5.41) is 5.04. The van der Waals surface area contributed by atoms with Crippen LogP contribution in [0, 0.1) is 5.92 Å². The number of nitrogens with one attached hydrogen (secondary N) is 1. The molecular formula is C28H24Cl2N2O5. The Balaban J connectivity index is 1.53. The monoisotopic (exact) mass is 538 g/mol. The minimum Gasteiger partial charge on any atom is -0.423 e. The van der Waals surface area contributed by atoms with Gasteiger partial charge in [0.05, 0.1) is 17.3 Å². The van der Waals surface area contributed by atoms with E-state index in [0.717, 1.165) is 32.1 Å². The maximum atomic E-state index is 12.8. The smallest absolute Gasteiger partial charge is 0.343 e. The summed E-state index contributed by atoms with van der Waals surface area (Å²) in [6, 6.07) is 17.0. The summed E-state index contributed by atoms with van der Waals surface area (Å²) in [6.07, 6.45) is 6.28. The zero-order chi connectivity index (χ0) is 26.2. The molecule has 0 spiro atoms. The van der Waals surface area contributed by atoms with E-state index in [1.54, 1.807) is 42.5 Å². The number of hydrazone groups is 1. The van der Waals surface area contributed by atoms with Crippen LogP contribution in [0.2, 0.25) is 10.0 Å². The van der Waals surface area contributed by atoms with Crippen LogP contribution in [0.15, 0.2) is 71.8 Å². The fourth-order valence-electron chi connectivity index (χ4n) is 3.89. The predicted molar refractivity (Wildman–Crippen MR) is 142 cm³/mol. The molecule has 1 fully saturated rings. The van der Waals surface area contributed by atoms with Crippen molar-refractivity contribution in [3.63, 3.8) is 0 Å². The van der Waals surface area contributed by atoms with E-state index in [1.165, 1.54) is 30.5 Å². The molecule has 0 radical (unpaired) electrons. The number of esters is 2. The predicted octanol–water partition coefficient (Wildman–Crippen LogP) is 6.46. The Kier molecular flexibility index (Phi) is 8.93. The Bertz CT molecular complexity index is 1300. The maximum absolute atomic E-state index is 12.8. The first-order valence-corrected chi connectivity index (χ1v) is 12.6. The summed E-state index contributed by atoms with van der Waals surface area (Å²) >= 11 is 11.8. The van der Waals surface area contributed by atoms with Gasteiger partial charge in [-0.15, -0.1) is 0 Å². The normalized spacial score (nSPS) is 13.8. The third-order valence-corrected chi connectivity index (χ3v) is 6.42. The largest absolute Gasteiger partial charge is 0.423 e. The third kappa shape index (κ3) is 7.41. The summed E-state index contributed by atoms with van der Waals surface area (Å²) in [5.41, 5.74) is 3.56. The summed E-state index contributed by atoms with van der Waals surface area (Å²) < 4.78 is 11.1. The molecule has 0 bridgehead atoms. The zero-order valence-corrected chi connectivity index (χ0v) is 21.3. The van der Waals surface area contributed by atoms with Gasteiger partial charge in [-0.2, -0.15) is 5.10 Å². The molecule has 190 valence electrons. The Morgan fingerprint density at radius 3 is 1.95 bits per heavy atom. The highest BCUT2D eigenvalue weighted by molar-refractivity contribution is 6.31. The summed E-state index contributed by atoms with van der Waals surface area (Å²) in [5.74, 6) is -1.18. The van der Waals surface area contributed by atoms with E-state index in [1.807, 2.05) is 0 Å². The lowest BCUT2D eigenvalue weighted by atomic mass is 9.89. The standard InChI is InChI=1S/C28H24Cl2N2O5/c29-22-11-6-19(7-12-22)27(34)36-24-15-10-21(17-31-32-26(33)18-4-2-1-3-5-18)25(16-24)37-28(35)20-8-13-23(30)14-9-20/h6-18H,1-5H2,(H,32,33). The van der Waals surface area contributed by atoms with E-state index in [-0.39, 0.29) is 28.9 Å². The minimum atomic E-state index is -0.640. The van der Waals surface area contributed by atoms with Crippen LogP contribution in [0.1, 0.15) is 58.4 Å². The number of benzene rings is 3. The molecule has 0 unspecified atom stereocenters. The van der Waals surface area contributed by atoms with Gasteiger partial charge in [0.1, 0.15) is 11.5 Å². The number of ether oxygens (including phenoxy) is 2. The van der Waals surface area contributed by atoms with Crippen LogP contribution in [0.25, 0.3) is 0 Å². The van der Waals surface area contributed by atoms with Crippen molar-refractivity contribution in [1.29, 1.82) is 0 Å². The van der Waals surface area contributed by atoms with E-state index in [9.17, 15) is 14.4 Å². The van der Waals surface area contributed by atoms with Gasteiger partial charge in [-0.05, 0) is 73.5 Å². The number of hydrogen-bond acceptors (Lipinski definition) is 6. The van der Waals surface area contributed by atoms with Gasteiger partial charge >= 0.3 is 11.9 Å².